The zero-order valence-electron chi connectivity index (χ0n) is 22.4. The summed E-state index contributed by atoms with van der Waals surface area (Å²) in [5.41, 5.74) is 2.05. The summed E-state index contributed by atoms with van der Waals surface area (Å²) in [6.45, 7) is 7.46. The second-order valence-corrected chi connectivity index (χ2v) is 15.2. The molecule has 1 aliphatic rings. The molecule has 212 valence electrons. The minimum absolute atomic E-state index is 0.0713. The molecule has 0 bridgehead atoms. The molecule has 2 aromatic rings. The van der Waals surface area contributed by atoms with Crippen LogP contribution in [0.15, 0.2) is 60.7 Å². The van der Waals surface area contributed by atoms with Gasteiger partial charge in [0.1, 0.15) is 5.90 Å². The van der Waals surface area contributed by atoms with Gasteiger partial charge in [-0.3, -0.25) is 18.9 Å². The maximum Gasteiger partial charge on any atom is 0.223 e. The minimum Gasteiger partial charge on any atom is -0.343 e. The number of benzene rings is 2. The molecular formula is C27H45N5O4P2. The largest absolute Gasteiger partial charge is 0.343 e. The summed E-state index contributed by atoms with van der Waals surface area (Å²) in [5.74, 6) is -0.575. The predicted octanol–water partition coefficient (Wildman–Crippen LogP) is 2.97. The molecule has 0 aromatic heterocycles. The fourth-order valence-corrected chi connectivity index (χ4v) is 9.92. The summed E-state index contributed by atoms with van der Waals surface area (Å²) >= 11 is 0. The summed E-state index contributed by atoms with van der Waals surface area (Å²) in [5, 5.41) is 10.2. The molecule has 2 unspecified atom stereocenters. The summed E-state index contributed by atoms with van der Waals surface area (Å²) in [6, 6.07) is 19.6. The van der Waals surface area contributed by atoms with Crippen LogP contribution in [-0.4, -0.2) is 90.4 Å². The molecule has 2 atom stereocenters. The first-order valence-electron chi connectivity index (χ1n) is 13.6. The Bertz CT molecular complexity index is 960. The lowest BCUT2D eigenvalue weighted by Gasteiger charge is -2.29. The van der Waals surface area contributed by atoms with Crippen molar-refractivity contribution in [3.8, 4) is 0 Å². The van der Waals surface area contributed by atoms with Crippen LogP contribution >= 0.6 is 14.7 Å². The van der Waals surface area contributed by atoms with Crippen LogP contribution < -0.4 is 16.0 Å². The van der Waals surface area contributed by atoms with Crippen LogP contribution in [0.3, 0.4) is 0 Å². The number of rotatable bonds is 10. The lowest BCUT2D eigenvalue weighted by Crippen LogP contribution is -2.37. The van der Waals surface area contributed by atoms with Gasteiger partial charge < -0.3 is 25.7 Å². The van der Waals surface area contributed by atoms with Crippen molar-refractivity contribution in [2.45, 2.75) is 25.9 Å². The van der Waals surface area contributed by atoms with Crippen LogP contribution in [-0.2, 0) is 22.2 Å². The van der Waals surface area contributed by atoms with Crippen LogP contribution in [0.25, 0.3) is 0 Å². The van der Waals surface area contributed by atoms with Gasteiger partial charge in [0, 0.05) is 39.3 Å². The Morgan fingerprint density at radius 2 is 1.21 bits per heavy atom. The van der Waals surface area contributed by atoms with Gasteiger partial charge >= 0.3 is 0 Å². The van der Waals surface area contributed by atoms with Gasteiger partial charge in [-0.15, -0.1) is 0 Å². The van der Waals surface area contributed by atoms with Gasteiger partial charge in [0.2, 0.25) is 14.7 Å². The molecule has 2 aromatic carbocycles. The highest BCUT2D eigenvalue weighted by atomic mass is 31.2. The highest BCUT2D eigenvalue weighted by Gasteiger charge is 2.34. The molecule has 5 N–H and O–H groups in total. The Kier molecular flexibility index (Phi) is 13.7. The molecule has 1 aliphatic heterocycles. The molecule has 0 amide bonds. The summed E-state index contributed by atoms with van der Waals surface area (Å²) in [4.78, 5) is 25.7. The van der Waals surface area contributed by atoms with Gasteiger partial charge in [-0.1, -0.05) is 60.7 Å². The van der Waals surface area contributed by atoms with Crippen LogP contribution in [0.2, 0.25) is 0 Å². The highest BCUT2D eigenvalue weighted by molar-refractivity contribution is 7.75. The van der Waals surface area contributed by atoms with Crippen molar-refractivity contribution in [1.82, 2.24) is 25.8 Å². The first kappa shape index (κ1) is 31.2. The van der Waals surface area contributed by atoms with E-state index in [1.807, 2.05) is 70.5 Å². The van der Waals surface area contributed by atoms with Gasteiger partial charge in [-0.2, -0.15) is 0 Å². The van der Waals surface area contributed by atoms with Gasteiger partial charge in [0.05, 0.1) is 12.6 Å². The fourth-order valence-electron chi connectivity index (χ4n) is 4.71. The maximum atomic E-state index is 13.4. The van der Waals surface area contributed by atoms with Gasteiger partial charge in [0.25, 0.3) is 0 Å². The van der Waals surface area contributed by atoms with Crippen molar-refractivity contribution >= 4 is 14.7 Å². The van der Waals surface area contributed by atoms with Crippen molar-refractivity contribution < 1.29 is 18.9 Å². The molecule has 1 fully saturated rings. The van der Waals surface area contributed by atoms with E-state index in [2.05, 4.69) is 16.0 Å². The summed E-state index contributed by atoms with van der Waals surface area (Å²) < 4.78 is 26.7. The van der Waals surface area contributed by atoms with Crippen LogP contribution in [0.1, 0.15) is 24.0 Å². The highest BCUT2D eigenvalue weighted by Crippen LogP contribution is 2.57. The Morgan fingerprint density at radius 3 is 1.79 bits per heavy atom. The Balaban J connectivity index is 1.61. The first-order valence-corrected chi connectivity index (χ1v) is 17.6. The Morgan fingerprint density at radius 1 is 0.684 bits per heavy atom. The number of hydrogen-bond acceptors (Lipinski definition) is 7. The second-order valence-electron chi connectivity index (χ2n) is 10.2. The SMILES string of the molecule is O=P(O)(CN1CCCNCCNCCCNCC1)CP(=O)(O)CN(Cc1ccccc1)Cc1ccccc1. The lowest BCUT2D eigenvalue weighted by molar-refractivity contribution is 0.285. The van der Waals surface area contributed by atoms with E-state index in [1.165, 1.54) is 0 Å². The van der Waals surface area contributed by atoms with Crippen LogP contribution in [0.5, 0.6) is 0 Å². The molecule has 11 heteroatoms. The van der Waals surface area contributed by atoms with Gasteiger partial charge in [-0.05, 0) is 50.1 Å². The topological polar surface area (TPSA) is 117 Å². The molecule has 0 spiro atoms. The van der Waals surface area contributed by atoms with E-state index < -0.39 is 20.6 Å². The van der Waals surface area contributed by atoms with Crippen LogP contribution in [0.4, 0.5) is 0 Å². The van der Waals surface area contributed by atoms with Gasteiger partial charge in [-0.25, -0.2) is 0 Å². The molecule has 38 heavy (non-hydrogen) atoms. The monoisotopic (exact) mass is 565 g/mol. The average Bonchev–Trinajstić information content (AvgIpc) is 2.86. The van der Waals surface area contributed by atoms with E-state index in [1.54, 1.807) is 0 Å². The van der Waals surface area contributed by atoms with E-state index in [-0.39, 0.29) is 12.6 Å². The third kappa shape index (κ3) is 13.1. The molecular weight excluding hydrogens is 520 g/mol. The van der Waals surface area contributed by atoms with Crippen molar-refractivity contribution in [3.05, 3.63) is 71.8 Å². The zero-order valence-corrected chi connectivity index (χ0v) is 24.2. The van der Waals surface area contributed by atoms with E-state index in [9.17, 15) is 18.9 Å². The Hall–Kier alpha value is -1.38. The van der Waals surface area contributed by atoms with Gasteiger partial charge in [0.15, 0.2) is 0 Å². The van der Waals surface area contributed by atoms with Crippen molar-refractivity contribution in [2.24, 2.45) is 0 Å². The predicted molar refractivity (Wildman–Crippen MR) is 156 cm³/mol. The van der Waals surface area contributed by atoms with E-state index in [4.69, 9.17) is 0 Å². The van der Waals surface area contributed by atoms with E-state index in [0.29, 0.717) is 32.7 Å². The number of nitrogens with zero attached hydrogens (tertiary/aromatic N) is 2. The summed E-state index contributed by atoms with van der Waals surface area (Å²) in [6.07, 6.45) is 1.66. The molecule has 0 saturated carbocycles. The molecule has 3 rings (SSSR count). The van der Waals surface area contributed by atoms with Crippen molar-refractivity contribution in [2.75, 3.05) is 70.8 Å². The molecule has 0 radical (unpaired) electrons. The molecule has 1 saturated heterocycles. The standard InChI is InChI=1S/C27H45N5O4P2/c33-37(34,23-31-19-8-15-29-17-16-28-13-7-14-30-18-20-31)25-38(35,36)24-32(21-26-9-3-1-4-10-26)22-27-11-5-2-6-12-27/h1-6,9-12,28-30H,7-8,13-25H2,(H,33,34)(H,35,36). The first-order chi connectivity index (χ1) is 18.3. The third-order valence-electron chi connectivity index (χ3n) is 6.40. The summed E-state index contributed by atoms with van der Waals surface area (Å²) in [7, 11) is -7.79. The number of nitrogens with one attached hydrogen (secondary N) is 3. The molecule has 1 heterocycles. The van der Waals surface area contributed by atoms with Crippen molar-refractivity contribution in [1.29, 1.82) is 0 Å². The quantitative estimate of drug-likeness (QED) is 0.277. The minimum atomic E-state index is -3.92. The second kappa shape index (κ2) is 16.7. The fraction of sp³-hybridized carbons (Fsp3) is 0.556. The zero-order chi connectivity index (χ0) is 27.1. The Labute approximate surface area is 227 Å². The van der Waals surface area contributed by atoms with Crippen molar-refractivity contribution in [3.63, 3.8) is 0 Å². The third-order valence-corrected chi connectivity index (χ3v) is 11.6. The van der Waals surface area contributed by atoms with E-state index >= 15 is 0 Å². The average molecular weight is 566 g/mol. The number of hydrogen-bond donors (Lipinski definition) is 5. The molecule has 0 aliphatic carbocycles. The molecule has 9 nitrogen and oxygen atoms in total. The lowest BCUT2D eigenvalue weighted by atomic mass is 10.2. The van der Waals surface area contributed by atoms with Crippen LogP contribution in [0, 0.1) is 0 Å². The smallest absolute Gasteiger partial charge is 0.223 e. The maximum absolute atomic E-state index is 13.4. The van der Waals surface area contributed by atoms with E-state index in [0.717, 1.165) is 56.7 Å². The normalized spacial score (nSPS) is 20.3.